The first-order valence-electron chi connectivity index (χ1n) is 6.00. The van der Waals surface area contributed by atoms with Crippen molar-refractivity contribution in [2.45, 2.75) is 6.42 Å². The first-order chi connectivity index (χ1) is 9.58. The number of amides is 1. The van der Waals surface area contributed by atoms with E-state index < -0.39 is 0 Å². The third-order valence-corrected chi connectivity index (χ3v) is 4.38. The van der Waals surface area contributed by atoms with E-state index in [1.165, 1.54) is 16.9 Å². The van der Waals surface area contributed by atoms with Crippen molar-refractivity contribution in [3.8, 4) is 6.07 Å². The van der Waals surface area contributed by atoms with Gasteiger partial charge in [-0.1, -0.05) is 0 Å². The Morgan fingerprint density at radius 3 is 3.05 bits per heavy atom. The van der Waals surface area contributed by atoms with Crippen LogP contribution in [-0.4, -0.2) is 32.7 Å². The molecule has 3 rings (SSSR count). The first-order valence-corrected chi connectivity index (χ1v) is 7.59. The molecule has 100 valence electrons. The molecule has 2 heterocycles. The van der Waals surface area contributed by atoms with Gasteiger partial charge in [0.1, 0.15) is 0 Å². The molecule has 2 aromatic heterocycles. The summed E-state index contributed by atoms with van der Waals surface area (Å²) in [5, 5.41) is 13.7. The molecular formula is C13H10AsClN4O. The van der Waals surface area contributed by atoms with Crippen molar-refractivity contribution >= 4 is 55.4 Å². The quantitative estimate of drug-likeness (QED) is 0.638. The van der Waals surface area contributed by atoms with Gasteiger partial charge in [-0.25, -0.2) is 0 Å². The monoisotopic (exact) mass is 348 g/mol. The van der Waals surface area contributed by atoms with Crippen molar-refractivity contribution in [2.24, 2.45) is 11.8 Å². The number of halogens is 1. The Balaban J connectivity index is 1.86. The summed E-state index contributed by atoms with van der Waals surface area (Å²) < 4.78 is 0.858. The average molecular weight is 349 g/mol. The van der Waals surface area contributed by atoms with Crippen molar-refractivity contribution in [1.29, 1.82) is 5.26 Å². The Kier molecular flexibility index (Phi) is 3.37. The SMILES string of the molecule is N#CC1CC1C(=O)Nc1cc2cc(Cl)nc([AsH2])c2cn1. The number of hydrogen-bond donors (Lipinski definition) is 1. The van der Waals surface area contributed by atoms with Gasteiger partial charge >= 0.3 is 129 Å². The van der Waals surface area contributed by atoms with Gasteiger partial charge in [0.05, 0.1) is 0 Å². The number of nitrogens with one attached hydrogen (secondary N) is 1. The number of fused-ring (bicyclic) bond motifs is 1. The number of rotatable bonds is 2. The van der Waals surface area contributed by atoms with E-state index in [4.69, 9.17) is 16.9 Å². The van der Waals surface area contributed by atoms with Gasteiger partial charge in [0.25, 0.3) is 0 Å². The van der Waals surface area contributed by atoms with Gasteiger partial charge in [0, 0.05) is 0 Å². The van der Waals surface area contributed by atoms with Crippen LogP contribution in [-0.2, 0) is 4.79 Å². The molecule has 1 saturated carbocycles. The molecule has 1 fully saturated rings. The summed E-state index contributed by atoms with van der Waals surface area (Å²) in [4.78, 5) is 20.3. The van der Waals surface area contributed by atoms with Gasteiger partial charge in [-0.05, 0) is 0 Å². The summed E-state index contributed by atoms with van der Waals surface area (Å²) in [6.07, 6.45) is 2.31. The van der Waals surface area contributed by atoms with E-state index >= 15 is 0 Å². The normalized spacial score (nSPS) is 20.4. The number of anilines is 1. The van der Waals surface area contributed by atoms with Gasteiger partial charge in [-0.3, -0.25) is 0 Å². The van der Waals surface area contributed by atoms with Crippen LogP contribution in [0, 0.1) is 23.2 Å². The predicted octanol–water partition coefficient (Wildman–Crippen LogP) is 0.640. The predicted molar refractivity (Wildman–Crippen MR) is 78.6 cm³/mol. The van der Waals surface area contributed by atoms with E-state index in [9.17, 15) is 4.79 Å². The van der Waals surface area contributed by atoms with Gasteiger partial charge < -0.3 is 0 Å². The number of pyridine rings is 2. The van der Waals surface area contributed by atoms with Gasteiger partial charge in [0.2, 0.25) is 0 Å². The fourth-order valence-electron chi connectivity index (χ4n) is 2.05. The summed E-state index contributed by atoms with van der Waals surface area (Å²) in [7, 11) is 0. The molecule has 1 aliphatic rings. The maximum atomic E-state index is 11.9. The standard InChI is InChI=1S/C13H10AsClN4O/c14-12-9-5-17-11(3-6(9)2-10(15)18-12)19-13(20)8-1-7(8)4-16/h2-3,5,7-8H,1,14H2,(H,17,19,20). The number of hydrogen-bond acceptors (Lipinski definition) is 4. The van der Waals surface area contributed by atoms with E-state index in [1.54, 1.807) is 18.3 Å². The van der Waals surface area contributed by atoms with Gasteiger partial charge in [-0.15, -0.1) is 0 Å². The third-order valence-electron chi connectivity index (χ3n) is 3.26. The van der Waals surface area contributed by atoms with Crippen molar-refractivity contribution in [2.75, 3.05) is 5.32 Å². The second-order valence-corrected chi connectivity index (χ2v) is 6.22. The number of nitriles is 1. The van der Waals surface area contributed by atoms with Crippen LogP contribution in [0.25, 0.3) is 10.8 Å². The molecule has 1 aliphatic carbocycles. The van der Waals surface area contributed by atoms with Crippen LogP contribution in [0.1, 0.15) is 6.42 Å². The number of aromatic nitrogens is 2. The summed E-state index contributed by atoms with van der Waals surface area (Å²) in [5.74, 6) is -0.0348. The Morgan fingerprint density at radius 2 is 2.35 bits per heavy atom. The van der Waals surface area contributed by atoms with Gasteiger partial charge in [0.15, 0.2) is 0 Å². The number of carbonyl (C=O) groups is 1. The molecule has 2 aromatic rings. The average Bonchev–Trinajstić information content (AvgIpc) is 3.17. The topological polar surface area (TPSA) is 78.7 Å². The van der Waals surface area contributed by atoms with Crippen LogP contribution in [0.3, 0.4) is 0 Å². The molecule has 7 heteroatoms. The fraction of sp³-hybridized carbons (Fsp3) is 0.231. The molecule has 0 radical (unpaired) electrons. The zero-order chi connectivity index (χ0) is 14.3. The Bertz CT molecular complexity index is 758. The van der Waals surface area contributed by atoms with Gasteiger partial charge in [-0.2, -0.15) is 0 Å². The maximum absolute atomic E-state index is 11.9. The summed E-state index contributed by atoms with van der Waals surface area (Å²) >= 11 is 7.31. The zero-order valence-corrected chi connectivity index (χ0v) is 13.5. The molecule has 0 bridgehead atoms. The zero-order valence-electron chi connectivity index (χ0n) is 10.3. The summed E-state index contributed by atoms with van der Waals surface area (Å²) in [6.45, 7) is 0. The summed E-state index contributed by atoms with van der Waals surface area (Å²) in [6, 6.07) is 5.61. The summed E-state index contributed by atoms with van der Waals surface area (Å²) in [5.41, 5.74) is 0. The van der Waals surface area contributed by atoms with Crippen LogP contribution >= 0.6 is 11.6 Å². The molecular weight excluding hydrogens is 339 g/mol. The fourth-order valence-corrected chi connectivity index (χ4v) is 3.23. The second kappa shape index (κ2) is 5.05. The van der Waals surface area contributed by atoms with Crippen LogP contribution in [0.2, 0.25) is 5.15 Å². The van der Waals surface area contributed by atoms with Crippen LogP contribution < -0.4 is 9.80 Å². The molecule has 3 unspecified atom stereocenters. The van der Waals surface area contributed by atoms with Crippen molar-refractivity contribution in [1.82, 2.24) is 9.97 Å². The van der Waals surface area contributed by atoms with Crippen molar-refractivity contribution < 1.29 is 4.79 Å². The van der Waals surface area contributed by atoms with E-state index in [-0.39, 0.29) is 17.7 Å². The Hall–Kier alpha value is -1.63. The molecule has 0 aromatic carbocycles. The number of carbonyl (C=O) groups excluding carboxylic acids is 1. The van der Waals surface area contributed by atoms with Crippen LogP contribution in [0.5, 0.6) is 0 Å². The molecule has 1 amide bonds. The van der Waals surface area contributed by atoms with Crippen molar-refractivity contribution in [3.05, 3.63) is 23.5 Å². The molecule has 0 spiro atoms. The molecule has 20 heavy (non-hydrogen) atoms. The van der Waals surface area contributed by atoms with E-state index in [0.29, 0.717) is 17.4 Å². The number of nitrogens with zero attached hydrogens (tertiary/aromatic N) is 3. The third kappa shape index (κ3) is 2.49. The molecule has 5 nitrogen and oxygen atoms in total. The molecule has 0 aliphatic heterocycles. The Labute approximate surface area is 128 Å². The molecule has 3 atom stereocenters. The van der Waals surface area contributed by atoms with Crippen LogP contribution in [0.4, 0.5) is 5.82 Å². The minimum absolute atomic E-state index is 0.149. The van der Waals surface area contributed by atoms with Crippen LogP contribution in [0.15, 0.2) is 18.3 Å². The van der Waals surface area contributed by atoms with E-state index in [1.807, 2.05) is 0 Å². The second-order valence-electron chi connectivity index (χ2n) is 4.69. The van der Waals surface area contributed by atoms with E-state index in [0.717, 1.165) is 15.3 Å². The minimum atomic E-state index is -0.205. The molecule has 1 N–H and O–H groups in total. The first kappa shape index (κ1) is 13.4. The van der Waals surface area contributed by atoms with Crippen molar-refractivity contribution in [3.63, 3.8) is 0 Å². The Morgan fingerprint density at radius 1 is 1.55 bits per heavy atom. The molecule has 0 saturated heterocycles. The van der Waals surface area contributed by atoms with E-state index in [2.05, 4.69) is 21.4 Å².